The molecule has 0 aromatic heterocycles. The molecule has 510 valence electrons. The molecule has 0 rings (SSSR count). The van der Waals surface area contributed by atoms with Crippen molar-refractivity contribution in [2.24, 2.45) is 23.7 Å². The normalized spacial score (nSPS) is 14.7. The van der Waals surface area contributed by atoms with Crippen LogP contribution in [0.25, 0.3) is 0 Å². The van der Waals surface area contributed by atoms with Gasteiger partial charge in [0.15, 0.2) is 12.2 Å². The number of unbranched alkanes of at least 4 members (excludes halogenated alkanes) is 29. The molecule has 0 spiro atoms. The summed E-state index contributed by atoms with van der Waals surface area (Å²) in [6, 6.07) is 0. The van der Waals surface area contributed by atoms with Crippen LogP contribution in [0.2, 0.25) is 0 Å². The molecule has 0 aromatic rings. The molecule has 0 aliphatic rings. The van der Waals surface area contributed by atoms with E-state index in [1.807, 2.05) is 0 Å². The number of carbonyl (C=O) groups excluding carboxylic acids is 4. The van der Waals surface area contributed by atoms with E-state index in [0.717, 1.165) is 120 Å². The van der Waals surface area contributed by atoms with E-state index in [-0.39, 0.29) is 25.7 Å². The number of ether oxygens (including phenoxy) is 4. The van der Waals surface area contributed by atoms with Gasteiger partial charge in [-0.3, -0.25) is 37.3 Å². The van der Waals surface area contributed by atoms with Gasteiger partial charge in [-0.1, -0.05) is 274 Å². The molecule has 0 heterocycles. The maximum absolute atomic E-state index is 13.0. The largest absolute Gasteiger partial charge is 0.472 e. The second kappa shape index (κ2) is 57.0. The Morgan fingerprint density at radius 1 is 0.326 bits per heavy atom. The van der Waals surface area contributed by atoms with Crippen LogP contribution >= 0.6 is 15.6 Å². The molecule has 0 amide bonds. The highest BCUT2D eigenvalue weighted by Gasteiger charge is 2.30. The minimum atomic E-state index is -4.95. The van der Waals surface area contributed by atoms with Gasteiger partial charge in [0.1, 0.15) is 19.3 Å². The predicted octanol–water partition coefficient (Wildman–Crippen LogP) is 18.5. The summed E-state index contributed by atoms with van der Waals surface area (Å²) < 4.78 is 68.1. The van der Waals surface area contributed by atoms with Crippen molar-refractivity contribution in [1.82, 2.24) is 0 Å². The van der Waals surface area contributed by atoms with Crippen LogP contribution in [0.15, 0.2) is 0 Å². The summed E-state index contributed by atoms with van der Waals surface area (Å²) in [7, 11) is -9.90. The molecule has 0 aliphatic heterocycles. The fourth-order valence-electron chi connectivity index (χ4n) is 9.93. The molecule has 17 nitrogen and oxygen atoms in total. The Bertz CT molecular complexity index is 1720. The molecule has 0 aliphatic carbocycles. The molecule has 86 heavy (non-hydrogen) atoms. The minimum absolute atomic E-state index is 0.103. The molecule has 0 bridgehead atoms. The first-order valence-corrected chi connectivity index (χ1v) is 37.7. The van der Waals surface area contributed by atoms with Crippen LogP contribution in [-0.4, -0.2) is 96.7 Å². The van der Waals surface area contributed by atoms with E-state index in [1.165, 1.54) is 122 Å². The predicted molar refractivity (Wildman–Crippen MR) is 344 cm³/mol. The van der Waals surface area contributed by atoms with Crippen molar-refractivity contribution in [3.63, 3.8) is 0 Å². The number of hydrogen-bond donors (Lipinski definition) is 3. The molecular weight excluding hydrogens is 1140 g/mol. The highest BCUT2D eigenvalue weighted by Crippen LogP contribution is 2.45. The number of carbonyl (C=O) groups is 4. The van der Waals surface area contributed by atoms with Crippen molar-refractivity contribution in [2.75, 3.05) is 39.6 Å². The Morgan fingerprint density at radius 2 is 0.558 bits per heavy atom. The van der Waals surface area contributed by atoms with Crippen molar-refractivity contribution in [3.05, 3.63) is 0 Å². The lowest BCUT2D eigenvalue weighted by Gasteiger charge is -2.21. The Kier molecular flexibility index (Phi) is 55.7. The quantitative estimate of drug-likeness (QED) is 0.0222. The number of hydrogen-bond acceptors (Lipinski definition) is 15. The highest BCUT2D eigenvalue weighted by atomic mass is 31.2. The summed E-state index contributed by atoms with van der Waals surface area (Å²) in [6.45, 7) is 14.0. The van der Waals surface area contributed by atoms with Crippen LogP contribution in [-0.2, 0) is 65.4 Å². The van der Waals surface area contributed by atoms with Crippen LogP contribution in [0.4, 0.5) is 0 Å². The molecule has 0 saturated heterocycles. The molecular formula is C67H130O17P2. The first kappa shape index (κ1) is 84.1. The van der Waals surface area contributed by atoms with E-state index in [2.05, 4.69) is 55.4 Å². The third-order valence-corrected chi connectivity index (χ3v) is 17.6. The Labute approximate surface area is 524 Å². The van der Waals surface area contributed by atoms with Gasteiger partial charge in [0.2, 0.25) is 0 Å². The average Bonchev–Trinajstić information content (AvgIpc) is 3.62. The summed E-state index contributed by atoms with van der Waals surface area (Å²) in [5, 5.41) is 10.6. The number of aliphatic hydroxyl groups excluding tert-OH is 1. The standard InChI is InChI=1S/C67H130O17P2/c1-9-60(8)46-38-30-25-26-32-40-48-65(70)78-54-63(84-67(72)50-42-34-24-18-16-21-29-37-45-59(6)7)56-82-86(75,76)80-52-61(68)51-79-85(73,74)81-55-62(53-77-64(69)47-39-31-22-17-15-20-28-36-44-58(4)5)83-66(71)49-41-33-23-14-12-10-11-13-19-27-35-43-57(2)3/h57-63,68H,9-56H2,1-8H3,(H,73,74)(H,75,76)/t60?,61-,62-,63-/m1/s1. The van der Waals surface area contributed by atoms with Gasteiger partial charge in [-0.2, -0.15) is 0 Å². The first-order chi connectivity index (χ1) is 41.1. The van der Waals surface area contributed by atoms with E-state index >= 15 is 0 Å². The molecule has 0 saturated carbocycles. The maximum atomic E-state index is 13.0. The van der Waals surface area contributed by atoms with Crippen LogP contribution in [0.3, 0.4) is 0 Å². The molecule has 3 N–H and O–H groups in total. The first-order valence-electron chi connectivity index (χ1n) is 34.7. The van der Waals surface area contributed by atoms with Gasteiger partial charge in [0.25, 0.3) is 0 Å². The van der Waals surface area contributed by atoms with Crippen molar-refractivity contribution >= 4 is 39.5 Å². The summed E-state index contributed by atoms with van der Waals surface area (Å²) in [6.07, 6.45) is 37.6. The number of rotatable bonds is 64. The second-order valence-electron chi connectivity index (χ2n) is 25.9. The van der Waals surface area contributed by atoms with Crippen molar-refractivity contribution in [2.45, 2.75) is 343 Å². The monoisotopic (exact) mass is 1270 g/mol. The van der Waals surface area contributed by atoms with Crippen LogP contribution < -0.4 is 0 Å². The van der Waals surface area contributed by atoms with Gasteiger partial charge in [-0.15, -0.1) is 0 Å². The second-order valence-corrected chi connectivity index (χ2v) is 28.8. The van der Waals surface area contributed by atoms with E-state index in [4.69, 9.17) is 37.0 Å². The molecule has 0 radical (unpaired) electrons. The zero-order chi connectivity index (χ0) is 63.9. The highest BCUT2D eigenvalue weighted by molar-refractivity contribution is 7.47. The summed E-state index contributed by atoms with van der Waals surface area (Å²) >= 11 is 0. The van der Waals surface area contributed by atoms with Crippen LogP contribution in [0, 0.1) is 23.7 Å². The van der Waals surface area contributed by atoms with E-state index < -0.39 is 97.5 Å². The molecule has 19 heteroatoms. The molecule has 6 atom stereocenters. The maximum Gasteiger partial charge on any atom is 0.472 e. The minimum Gasteiger partial charge on any atom is -0.462 e. The van der Waals surface area contributed by atoms with E-state index in [0.29, 0.717) is 25.7 Å². The lowest BCUT2D eigenvalue weighted by Crippen LogP contribution is -2.30. The van der Waals surface area contributed by atoms with E-state index in [1.54, 1.807) is 0 Å². The molecule has 3 unspecified atom stereocenters. The van der Waals surface area contributed by atoms with Crippen molar-refractivity contribution in [1.29, 1.82) is 0 Å². The van der Waals surface area contributed by atoms with Gasteiger partial charge in [0, 0.05) is 25.7 Å². The molecule has 0 fully saturated rings. The zero-order valence-electron chi connectivity index (χ0n) is 55.9. The van der Waals surface area contributed by atoms with E-state index in [9.17, 15) is 43.2 Å². The van der Waals surface area contributed by atoms with Crippen LogP contribution in [0.5, 0.6) is 0 Å². The Balaban J connectivity index is 5.26. The molecule has 0 aromatic carbocycles. The van der Waals surface area contributed by atoms with Crippen molar-refractivity contribution in [3.8, 4) is 0 Å². The smallest absolute Gasteiger partial charge is 0.462 e. The topological polar surface area (TPSA) is 237 Å². The fraction of sp³-hybridized carbons (Fsp3) is 0.940. The SMILES string of the molecule is CCC(C)CCCCCCCCC(=O)OC[C@H](COP(=O)(O)OC[C@H](O)COP(=O)(O)OC[C@@H](COC(=O)CCCCCCCCCCC(C)C)OC(=O)CCCCCCCCCCCCCC(C)C)OC(=O)CCCCCCCCCCC(C)C. The summed E-state index contributed by atoms with van der Waals surface area (Å²) in [5.41, 5.74) is 0. The zero-order valence-corrected chi connectivity index (χ0v) is 57.7. The number of phosphoric acid groups is 2. The summed E-state index contributed by atoms with van der Waals surface area (Å²) in [5.74, 6) is 0.805. The average molecular weight is 1270 g/mol. The number of esters is 4. The van der Waals surface area contributed by atoms with Crippen LogP contribution in [0.1, 0.15) is 325 Å². The van der Waals surface area contributed by atoms with Gasteiger partial charge in [-0.25, -0.2) is 9.13 Å². The Hall–Kier alpha value is -1.94. The van der Waals surface area contributed by atoms with Gasteiger partial charge < -0.3 is 33.8 Å². The number of phosphoric ester groups is 2. The Morgan fingerprint density at radius 3 is 0.826 bits per heavy atom. The number of aliphatic hydroxyl groups is 1. The van der Waals surface area contributed by atoms with Gasteiger partial charge in [0.05, 0.1) is 26.4 Å². The van der Waals surface area contributed by atoms with Gasteiger partial charge >= 0.3 is 39.5 Å². The third kappa shape index (κ3) is 59.7. The lowest BCUT2D eigenvalue weighted by atomic mass is 10.00. The summed E-state index contributed by atoms with van der Waals surface area (Å²) in [4.78, 5) is 72.4. The van der Waals surface area contributed by atoms with Gasteiger partial charge in [-0.05, 0) is 49.4 Å². The fourth-order valence-corrected chi connectivity index (χ4v) is 11.5. The third-order valence-electron chi connectivity index (χ3n) is 15.7. The lowest BCUT2D eigenvalue weighted by molar-refractivity contribution is -0.161. The van der Waals surface area contributed by atoms with Crippen molar-refractivity contribution < 1.29 is 80.2 Å².